The van der Waals surface area contributed by atoms with Gasteiger partial charge < -0.3 is 20.4 Å². The summed E-state index contributed by atoms with van der Waals surface area (Å²) in [7, 11) is 0. The maximum Gasteiger partial charge on any atom is 0.253 e. The molecule has 2 amide bonds. The lowest BCUT2D eigenvalue weighted by molar-refractivity contribution is -0.118. The van der Waals surface area contributed by atoms with Crippen LogP contribution in [0, 0.1) is 0 Å². The first-order valence-corrected chi connectivity index (χ1v) is 11.8. The number of rotatable bonds is 9. The zero-order valence-electron chi connectivity index (χ0n) is 19.5. The number of carbonyl (C=O) groups is 2. The van der Waals surface area contributed by atoms with Gasteiger partial charge in [-0.3, -0.25) is 14.5 Å². The van der Waals surface area contributed by atoms with Gasteiger partial charge in [0.25, 0.3) is 5.91 Å². The summed E-state index contributed by atoms with van der Waals surface area (Å²) < 4.78 is 0. The molecule has 178 valence electrons. The lowest BCUT2D eigenvalue weighted by atomic mass is 9.91. The van der Waals surface area contributed by atoms with Crippen molar-refractivity contribution in [2.75, 3.05) is 25.0 Å². The zero-order chi connectivity index (χ0) is 23.8. The summed E-state index contributed by atoms with van der Waals surface area (Å²) in [6.45, 7) is 5.86. The minimum atomic E-state index is -0.274. The maximum absolute atomic E-state index is 13.0. The van der Waals surface area contributed by atoms with Gasteiger partial charge in [0, 0.05) is 36.9 Å². The SMILES string of the molecule is CCN(CC)C(=O)c1cccc(NC(=O)CN(Cc2cccc(O)c2)C2CCC(O)CC2)c1. The fourth-order valence-electron chi connectivity index (χ4n) is 4.44. The molecular weight excluding hydrogens is 418 g/mol. The van der Waals surface area contributed by atoms with Crippen LogP contribution < -0.4 is 5.32 Å². The topological polar surface area (TPSA) is 93.1 Å². The molecule has 1 fully saturated rings. The van der Waals surface area contributed by atoms with Crippen LogP contribution in [-0.4, -0.2) is 63.6 Å². The molecule has 1 aliphatic rings. The van der Waals surface area contributed by atoms with Gasteiger partial charge in [0.1, 0.15) is 5.75 Å². The predicted molar refractivity (Wildman–Crippen MR) is 129 cm³/mol. The number of aromatic hydroxyl groups is 1. The highest BCUT2D eigenvalue weighted by Gasteiger charge is 2.26. The first-order valence-electron chi connectivity index (χ1n) is 11.8. The molecule has 7 nitrogen and oxygen atoms in total. The molecule has 0 bridgehead atoms. The van der Waals surface area contributed by atoms with E-state index in [9.17, 15) is 19.8 Å². The normalized spacial score (nSPS) is 18.2. The highest BCUT2D eigenvalue weighted by Crippen LogP contribution is 2.25. The molecule has 33 heavy (non-hydrogen) atoms. The predicted octanol–water partition coefficient (Wildman–Crippen LogP) is 3.62. The summed E-state index contributed by atoms with van der Waals surface area (Å²) in [4.78, 5) is 29.5. The second kappa shape index (κ2) is 11.8. The van der Waals surface area contributed by atoms with Gasteiger partial charge in [-0.25, -0.2) is 0 Å². The van der Waals surface area contributed by atoms with Crippen molar-refractivity contribution >= 4 is 17.5 Å². The molecule has 0 aliphatic heterocycles. The number of hydrogen-bond acceptors (Lipinski definition) is 5. The number of nitrogens with one attached hydrogen (secondary N) is 1. The summed E-state index contributed by atoms with van der Waals surface area (Å²) in [5, 5.41) is 22.7. The number of aliphatic hydroxyl groups excluding tert-OH is 1. The van der Waals surface area contributed by atoms with Gasteiger partial charge in [-0.1, -0.05) is 18.2 Å². The van der Waals surface area contributed by atoms with Crippen molar-refractivity contribution in [2.45, 2.75) is 58.2 Å². The molecule has 7 heteroatoms. The lowest BCUT2D eigenvalue weighted by Gasteiger charge is -2.35. The van der Waals surface area contributed by atoms with Crippen molar-refractivity contribution in [1.29, 1.82) is 0 Å². The molecule has 1 aliphatic carbocycles. The molecule has 2 aromatic rings. The number of benzene rings is 2. The number of hydrogen-bond donors (Lipinski definition) is 3. The van der Waals surface area contributed by atoms with Gasteiger partial charge >= 0.3 is 0 Å². The Morgan fingerprint density at radius 3 is 2.36 bits per heavy atom. The highest BCUT2D eigenvalue weighted by atomic mass is 16.3. The van der Waals surface area contributed by atoms with E-state index in [0.717, 1.165) is 31.2 Å². The second-order valence-electron chi connectivity index (χ2n) is 8.64. The second-order valence-corrected chi connectivity index (χ2v) is 8.64. The van der Waals surface area contributed by atoms with E-state index in [0.29, 0.717) is 30.9 Å². The van der Waals surface area contributed by atoms with E-state index in [4.69, 9.17) is 0 Å². The minimum Gasteiger partial charge on any atom is -0.508 e. The zero-order valence-corrected chi connectivity index (χ0v) is 19.5. The molecule has 0 heterocycles. The molecule has 0 radical (unpaired) electrons. The fourth-order valence-corrected chi connectivity index (χ4v) is 4.44. The van der Waals surface area contributed by atoms with E-state index in [-0.39, 0.29) is 36.3 Å². The van der Waals surface area contributed by atoms with Crippen LogP contribution in [0.2, 0.25) is 0 Å². The van der Waals surface area contributed by atoms with Crippen LogP contribution in [0.5, 0.6) is 5.75 Å². The average Bonchev–Trinajstić information content (AvgIpc) is 2.80. The number of phenolic OH excluding ortho intramolecular Hbond substituents is 1. The van der Waals surface area contributed by atoms with Crippen LogP contribution in [0.15, 0.2) is 48.5 Å². The van der Waals surface area contributed by atoms with E-state index >= 15 is 0 Å². The lowest BCUT2D eigenvalue weighted by Crippen LogP contribution is -2.43. The van der Waals surface area contributed by atoms with Gasteiger partial charge in [0.2, 0.25) is 5.91 Å². The number of nitrogens with zero attached hydrogens (tertiary/aromatic N) is 2. The van der Waals surface area contributed by atoms with Crippen molar-refractivity contribution in [3.8, 4) is 5.75 Å². The van der Waals surface area contributed by atoms with E-state index in [1.54, 1.807) is 47.4 Å². The summed E-state index contributed by atoms with van der Waals surface area (Å²) in [6, 6.07) is 14.3. The maximum atomic E-state index is 13.0. The number of amides is 2. The third-order valence-electron chi connectivity index (χ3n) is 6.27. The molecule has 0 saturated heterocycles. The van der Waals surface area contributed by atoms with Crippen LogP contribution in [0.3, 0.4) is 0 Å². The third-order valence-corrected chi connectivity index (χ3v) is 6.27. The van der Waals surface area contributed by atoms with Gasteiger partial charge in [-0.05, 0) is 75.4 Å². The van der Waals surface area contributed by atoms with Gasteiger partial charge in [-0.15, -0.1) is 0 Å². The van der Waals surface area contributed by atoms with Crippen molar-refractivity contribution in [1.82, 2.24) is 9.80 Å². The summed E-state index contributed by atoms with van der Waals surface area (Å²) in [5.74, 6) is -0.0123. The molecule has 0 aromatic heterocycles. The van der Waals surface area contributed by atoms with Crippen molar-refractivity contribution in [3.05, 3.63) is 59.7 Å². The Balaban J connectivity index is 1.70. The third kappa shape index (κ3) is 7.04. The Morgan fingerprint density at radius 1 is 1.00 bits per heavy atom. The summed E-state index contributed by atoms with van der Waals surface area (Å²) in [5.41, 5.74) is 2.07. The van der Waals surface area contributed by atoms with Crippen LogP contribution in [0.4, 0.5) is 5.69 Å². The number of phenols is 1. The van der Waals surface area contributed by atoms with Crippen LogP contribution in [0.25, 0.3) is 0 Å². The van der Waals surface area contributed by atoms with E-state index in [1.807, 2.05) is 19.9 Å². The van der Waals surface area contributed by atoms with Crippen molar-refractivity contribution in [3.63, 3.8) is 0 Å². The highest BCUT2D eigenvalue weighted by molar-refractivity contribution is 5.97. The summed E-state index contributed by atoms with van der Waals surface area (Å²) >= 11 is 0. The molecular formula is C26H35N3O4. The fraction of sp³-hybridized carbons (Fsp3) is 0.462. The van der Waals surface area contributed by atoms with Crippen molar-refractivity contribution < 1.29 is 19.8 Å². The Morgan fingerprint density at radius 2 is 1.70 bits per heavy atom. The Labute approximate surface area is 196 Å². The molecule has 2 aromatic carbocycles. The van der Waals surface area contributed by atoms with Gasteiger partial charge in [0.15, 0.2) is 0 Å². The standard InChI is InChI=1S/C26H35N3O4/c1-3-28(4-2)26(33)20-8-6-9-21(16-20)27-25(32)18-29(22-11-13-23(30)14-12-22)17-19-7-5-10-24(31)15-19/h5-10,15-16,22-23,30-31H,3-4,11-14,17-18H2,1-2H3,(H,27,32). The number of aliphatic hydroxyl groups is 1. The average molecular weight is 454 g/mol. The summed E-state index contributed by atoms with van der Waals surface area (Å²) in [6.07, 6.45) is 2.81. The Kier molecular flexibility index (Phi) is 8.86. The largest absolute Gasteiger partial charge is 0.508 e. The van der Waals surface area contributed by atoms with Crippen molar-refractivity contribution in [2.24, 2.45) is 0 Å². The molecule has 0 unspecified atom stereocenters. The smallest absolute Gasteiger partial charge is 0.253 e. The van der Waals surface area contributed by atoms with E-state index < -0.39 is 0 Å². The number of anilines is 1. The Bertz CT molecular complexity index is 937. The first-order chi connectivity index (χ1) is 15.9. The first kappa shape index (κ1) is 24.7. The van der Waals surface area contributed by atoms with Crippen LogP contribution in [0.1, 0.15) is 55.5 Å². The monoisotopic (exact) mass is 453 g/mol. The Hall–Kier alpha value is -2.90. The molecule has 3 rings (SSSR count). The van der Waals surface area contributed by atoms with Crippen LogP contribution in [-0.2, 0) is 11.3 Å². The van der Waals surface area contributed by atoms with Crippen LogP contribution >= 0.6 is 0 Å². The molecule has 1 saturated carbocycles. The van der Waals surface area contributed by atoms with E-state index in [1.165, 1.54) is 0 Å². The molecule has 3 N–H and O–H groups in total. The number of carbonyl (C=O) groups excluding carboxylic acids is 2. The molecule has 0 atom stereocenters. The minimum absolute atomic E-state index is 0.0534. The molecule has 0 spiro atoms. The van der Waals surface area contributed by atoms with E-state index in [2.05, 4.69) is 10.2 Å². The van der Waals surface area contributed by atoms with Gasteiger partial charge in [0.05, 0.1) is 12.6 Å². The quantitative estimate of drug-likeness (QED) is 0.539. The van der Waals surface area contributed by atoms with Gasteiger partial charge in [-0.2, -0.15) is 0 Å².